The molecule has 0 amide bonds. The molecule has 0 aromatic carbocycles. The van der Waals surface area contributed by atoms with Crippen molar-refractivity contribution >= 4 is 60.2 Å². The first-order valence-electron chi connectivity index (χ1n) is 4.60. The van der Waals surface area contributed by atoms with Crippen molar-refractivity contribution in [3.05, 3.63) is 43.4 Å². The Morgan fingerprint density at radius 3 is 1.72 bits per heavy atom. The van der Waals surface area contributed by atoms with Gasteiger partial charge >= 0.3 is 0 Å². The van der Waals surface area contributed by atoms with Gasteiger partial charge in [0.05, 0.1) is 8.95 Å². The van der Waals surface area contributed by atoms with Crippen molar-refractivity contribution < 1.29 is 4.79 Å². The standard InChI is InChI=1S/C6H5BrN2O.C4H2BrIN2/c1-4(10)6-8-2-5(7)3-9-6;5-3-1-7-4(6)8-2-3/h2-3H,1H3;1-2H. The summed E-state index contributed by atoms with van der Waals surface area (Å²) in [6.45, 7) is 1.43. The van der Waals surface area contributed by atoms with Crippen molar-refractivity contribution in [1.82, 2.24) is 19.9 Å². The predicted octanol–water partition coefficient (Wildman–Crippen LogP) is 3.29. The van der Waals surface area contributed by atoms with Crippen LogP contribution in [0.3, 0.4) is 0 Å². The van der Waals surface area contributed by atoms with Crippen LogP contribution in [-0.2, 0) is 0 Å². The highest BCUT2D eigenvalue weighted by Crippen LogP contribution is 2.05. The fraction of sp³-hybridized carbons (Fsp3) is 0.100. The van der Waals surface area contributed by atoms with Crippen molar-refractivity contribution in [1.29, 1.82) is 0 Å². The van der Waals surface area contributed by atoms with Crippen molar-refractivity contribution in [2.45, 2.75) is 6.92 Å². The number of nitrogens with zero attached hydrogens (tertiary/aromatic N) is 4. The van der Waals surface area contributed by atoms with Gasteiger partial charge in [0, 0.05) is 54.3 Å². The molecular formula is C10H7Br2IN4O. The van der Waals surface area contributed by atoms with Gasteiger partial charge in [-0.2, -0.15) is 0 Å². The molecule has 0 fully saturated rings. The van der Waals surface area contributed by atoms with Crippen LogP contribution in [0.4, 0.5) is 0 Å². The van der Waals surface area contributed by atoms with Crippen LogP contribution in [0.2, 0.25) is 0 Å². The van der Waals surface area contributed by atoms with Gasteiger partial charge in [0.15, 0.2) is 15.4 Å². The number of halogens is 3. The molecule has 2 aromatic rings. The minimum absolute atomic E-state index is 0.118. The lowest BCUT2D eigenvalue weighted by atomic mass is 10.4. The van der Waals surface area contributed by atoms with Gasteiger partial charge in [0.2, 0.25) is 0 Å². The third kappa shape index (κ3) is 5.91. The molecule has 0 spiro atoms. The lowest BCUT2D eigenvalue weighted by Gasteiger charge is -1.90. The van der Waals surface area contributed by atoms with Crippen LogP contribution in [0.1, 0.15) is 17.5 Å². The number of rotatable bonds is 1. The summed E-state index contributed by atoms with van der Waals surface area (Å²) >= 11 is 8.43. The lowest BCUT2D eigenvalue weighted by Crippen LogP contribution is -1.98. The number of aromatic nitrogens is 4. The second-order valence-corrected chi connectivity index (χ2v) is 5.75. The van der Waals surface area contributed by atoms with E-state index >= 15 is 0 Å². The summed E-state index contributed by atoms with van der Waals surface area (Å²) in [5.74, 6) is 0.135. The van der Waals surface area contributed by atoms with Crippen molar-refractivity contribution in [3.63, 3.8) is 0 Å². The Hall–Kier alpha value is -0.480. The molecule has 0 saturated heterocycles. The van der Waals surface area contributed by atoms with E-state index in [2.05, 4.69) is 74.4 Å². The van der Waals surface area contributed by atoms with Gasteiger partial charge < -0.3 is 0 Å². The summed E-state index contributed by atoms with van der Waals surface area (Å²) in [7, 11) is 0. The fourth-order valence-corrected chi connectivity index (χ4v) is 1.48. The molecule has 94 valence electrons. The Kier molecular flexibility index (Phi) is 6.79. The Labute approximate surface area is 134 Å². The van der Waals surface area contributed by atoms with Crippen LogP contribution in [-0.4, -0.2) is 25.7 Å². The molecule has 0 bridgehead atoms. The molecule has 0 unspecified atom stereocenters. The molecule has 2 aromatic heterocycles. The van der Waals surface area contributed by atoms with E-state index in [-0.39, 0.29) is 11.6 Å². The molecular weight excluding hydrogens is 479 g/mol. The monoisotopic (exact) mass is 484 g/mol. The first-order valence-corrected chi connectivity index (χ1v) is 7.27. The van der Waals surface area contributed by atoms with E-state index in [4.69, 9.17) is 0 Å². The van der Waals surface area contributed by atoms with E-state index in [1.165, 1.54) is 6.92 Å². The van der Waals surface area contributed by atoms with Gasteiger partial charge in [-0.25, -0.2) is 19.9 Å². The predicted molar refractivity (Wildman–Crippen MR) is 82.2 cm³/mol. The van der Waals surface area contributed by atoms with Crippen molar-refractivity contribution in [3.8, 4) is 0 Å². The van der Waals surface area contributed by atoms with Gasteiger partial charge in [-0.3, -0.25) is 4.79 Å². The largest absolute Gasteiger partial charge is 0.291 e. The van der Waals surface area contributed by atoms with E-state index in [1.807, 2.05) is 0 Å². The zero-order chi connectivity index (χ0) is 13.5. The van der Waals surface area contributed by atoms with Crippen LogP contribution >= 0.6 is 54.5 Å². The maximum atomic E-state index is 10.6. The Morgan fingerprint density at radius 1 is 1.00 bits per heavy atom. The van der Waals surface area contributed by atoms with E-state index < -0.39 is 0 Å². The normalized spacial score (nSPS) is 9.33. The molecule has 5 nitrogen and oxygen atoms in total. The molecule has 0 aliphatic rings. The van der Waals surface area contributed by atoms with E-state index in [9.17, 15) is 4.79 Å². The highest BCUT2D eigenvalue weighted by atomic mass is 127. The number of Topliss-reactive ketones (excluding diaryl/α,β-unsaturated/α-hetero) is 1. The summed E-state index contributed by atoms with van der Waals surface area (Å²) in [5, 5.41) is 0. The number of carbonyl (C=O) groups excluding carboxylic acids is 1. The maximum Gasteiger partial charge on any atom is 0.196 e. The molecule has 8 heteroatoms. The highest BCUT2D eigenvalue weighted by molar-refractivity contribution is 14.1. The third-order valence-electron chi connectivity index (χ3n) is 1.52. The zero-order valence-corrected chi connectivity index (χ0v) is 14.5. The zero-order valence-electron chi connectivity index (χ0n) is 9.14. The van der Waals surface area contributed by atoms with Crippen LogP contribution in [0.15, 0.2) is 33.7 Å². The maximum absolute atomic E-state index is 10.6. The minimum Gasteiger partial charge on any atom is -0.291 e. The molecule has 2 rings (SSSR count). The van der Waals surface area contributed by atoms with Gasteiger partial charge in [-0.05, 0) is 31.9 Å². The van der Waals surface area contributed by atoms with Gasteiger partial charge in [-0.1, -0.05) is 0 Å². The second-order valence-electron chi connectivity index (χ2n) is 2.95. The summed E-state index contributed by atoms with van der Waals surface area (Å²) in [5.41, 5.74) is 0. The molecule has 18 heavy (non-hydrogen) atoms. The first kappa shape index (κ1) is 15.6. The van der Waals surface area contributed by atoms with Crippen LogP contribution < -0.4 is 0 Å². The number of ketones is 1. The molecule has 0 atom stereocenters. The van der Waals surface area contributed by atoms with Crippen LogP contribution in [0, 0.1) is 3.83 Å². The number of carbonyl (C=O) groups is 1. The Balaban J connectivity index is 0.000000184. The molecule has 0 saturated carbocycles. The van der Waals surface area contributed by atoms with E-state index in [0.29, 0.717) is 0 Å². The third-order valence-corrected chi connectivity index (χ3v) is 2.90. The van der Waals surface area contributed by atoms with Crippen LogP contribution in [0.25, 0.3) is 0 Å². The van der Waals surface area contributed by atoms with Gasteiger partial charge in [0.1, 0.15) is 0 Å². The topological polar surface area (TPSA) is 68.6 Å². The molecule has 0 aliphatic carbocycles. The second kappa shape index (κ2) is 7.85. The summed E-state index contributed by atoms with van der Waals surface area (Å²) in [4.78, 5) is 26.0. The fourth-order valence-electron chi connectivity index (χ4n) is 0.791. The van der Waals surface area contributed by atoms with E-state index in [0.717, 1.165) is 12.8 Å². The lowest BCUT2D eigenvalue weighted by molar-refractivity contribution is 0.100. The molecule has 2 heterocycles. The Bertz CT molecular complexity index is 497. The highest BCUT2D eigenvalue weighted by Gasteiger charge is 1.99. The van der Waals surface area contributed by atoms with Crippen molar-refractivity contribution in [2.75, 3.05) is 0 Å². The summed E-state index contributed by atoms with van der Waals surface area (Å²) in [6, 6.07) is 0. The quantitative estimate of drug-likeness (QED) is 0.352. The van der Waals surface area contributed by atoms with Crippen molar-refractivity contribution in [2.24, 2.45) is 0 Å². The number of hydrogen-bond donors (Lipinski definition) is 0. The van der Waals surface area contributed by atoms with Gasteiger partial charge in [-0.15, -0.1) is 0 Å². The summed E-state index contributed by atoms with van der Waals surface area (Å²) < 4.78 is 2.46. The first-order chi connectivity index (χ1) is 8.49. The van der Waals surface area contributed by atoms with E-state index in [1.54, 1.807) is 24.8 Å². The molecule has 0 aliphatic heterocycles. The van der Waals surface area contributed by atoms with Crippen LogP contribution in [0.5, 0.6) is 0 Å². The average Bonchev–Trinajstić information content (AvgIpc) is 2.34. The Morgan fingerprint density at radius 2 is 1.39 bits per heavy atom. The number of hydrogen-bond acceptors (Lipinski definition) is 5. The van der Waals surface area contributed by atoms with Gasteiger partial charge in [0.25, 0.3) is 0 Å². The SMILES string of the molecule is Brc1cnc(I)nc1.CC(=O)c1ncc(Br)cn1. The average molecular weight is 486 g/mol. The summed E-state index contributed by atoms with van der Waals surface area (Å²) in [6.07, 6.45) is 6.52. The minimum atomic E-state index is -0.118. The smallest absolute Gasteiger partial charge is 0.196 e. The molecule has 0 radical (unpaired) electrons. The molecule has 0 N–H and O–H groups in total.